The first kappa shape index (κ1) is 34.6. The lowest BCUT2D eigenvalue weighted by Crippen LogP contribution is -2.28. The topological polar surface area (TPSA) is 25.8 Å². The second-order valence-electron chi connectivity index (χ2n) is 15.3. The van der Waals surface area contributed by atoms with Crippen LogP contribution in [0.2, 0.25) is 0 Å². The van der Waals surface area contributed by atoms with Crippen LogP contribution in [0.4, 0.5) is 0 Å². The van der Waals surface area contributed by atoms with Crippen LogP contribution in [0.3, 0.4) is 0 Å². The van der Waals surface area contributed by atoms with E-state index in [4.69, 9.17) is 9.97 Å². The Morgan fingerprint density at radius 1 is 0.288 bits per heavy atom. The van der Waals surface area contributed by atoms with Crippen molar-refractivity contribution in [1.29, 1.82) is 0 Å². The first-order valence-corrected chi connectivity index (χ1v) is 20.2. The SMILES string of the molecule is c1ccc(-c2cc(-c3cccc(-c4nc(-c5ccccc5)c5ccccc5n4)c3)cc(-c3cccc(C4(c5ccccc5)c5ccccc5-c5ccccc54)c3)c2)cc1. The van der Waals surface area contributed by atoms with E-state index >= 15 is 0 Å². The Balaban J connectivity index is 1.08. The quantitative estimate of drug-likeness (QED) is 0.162. The fourth-order valence-corrected chi connectivity index (χ4v) is 9.26. The number of benzene rings is 9. The lowest BCUT2D eigenvalue weighted by Gasteiger charge is -2.34. The Morgan fingerprint density at radius 2 is 0.746 bits per heavy atom. The molecule has 0 saturated carbocycles. The third-order valence-corrected chi connectivity index (χ3v) is 11.9. The molecule has 10 aromatic rings. The molecule has 1 aliphatic carbocycles. The largest absolute Gasteiger partial charge is 0.228 e. The normalized spacial score (nSPS) is 12.5. The van der Waals surface area contributed by atoms with Gasteiger partial charge in [0.05, 0.1) is 16.6 Å². The fourth-order valence-electron chi connectivity index (χ4n) is 9.26. The molecule has 1 heterocycles. The molecule has 1 aromatic heterocycles. The van der Waals surface area contributed by atoms with Crippen LogP contribution in [0.5, 0.6) is 0 Å². The molecule has 0 radical (unpaired) electrons. The van der Waals surface area contributed by atoms with Crippen LogP contribution >= 0.6 is 0 Å². The molecule has 59 heavy (non-hydrogen) atoms. The van der Waals surface area contributed by atoms with Crippen molar-refractivity contribution in [3.63, 3.8) is 0 Å². The summed E-state index contributed by atoms with van der Waals surface area (Å²) in [5, 5.41) is 1.04. The summed E-state index contributed by atoms with van der Waals surface area (Å²) >= 11 is 0. The molecule has 1 aliphatic rings. The van der Waals surface area contributed by atoms with Gasteiger partial charge in [0, 0.05) is 16.5 Å². The summed E-state index contributed by atoms with van der Waals surface area (Å²) in [6, 6.07) is 83.2. The van der Waals surface area contributed by atoms with E-state index in [9.17, 15) is 0 Å². The first-order chi connectivity index (χ1) is 29.2. The molecule has 9 aromatic carbocycles. The number of aromatic nitrogens is 2. The van der Waals surface area contributed by atoms with Gasteiger partial charge in [0.2, 0.25) is 0 Å². The standard InChI is InChI=1S/C57H38N2/c1-4-18-39(19-5-1)44-35-45(41-22-16-24-43(34-41)56-58-54-33-15-12-30-51(54)55(59-56)40-20-6-2-7-21-40)37-46(36-44)42-23-17-27-48(38-42)57(47-25-8-3-9-26-47)52-31-13-10-28-49(52)50-29-11-14-32-53(50)57/h1-38H. The lowest BCUT2D eigenvalue weighted by molar-refractivity contribution is 0.769. The van der Waals surface area contributed by atoms with Gasteiger partial charge in [0.1, 0.15) is 0 Å². The third kappa shape index (κ3) is 5.88. The molecule has 0 atom stereocenters. The molecule has 0 aliphatic heterocycles. The third-order valence-electron chi connectivity index (χ3n) is 11.9. The first-order valence-electron chi connectivity index (χ1n) is 20.2. The zero-order chi connectivity index (χ0) is 39.2. The molecule has 276 valence electrons. The second kappa shape index (κ2) is 14.4. The van der Waals surface area contributed by atoms with Crippen LogP contribution in [0.25, 0.3) is 78.1 Å². The number of hydrogen-bond donors (Lipinski definition) is 0. The van der Waals surface area contributed by atoms with Crippen LogP contribution in [0.15, 0.2) is 231 Å². The highest BCUT2D eigenvalue weighted by Crippen LogP contribution is 2.56. The van der Waals surface area contributed by atoms with Gasteiger partial charge in [0.15, 0.2) is 5.82 Å². The van der Waals surface area contributed by atoms with Gasteiger partial charge in [-0.05, 0) is 103 Å². The number of rotatable bonds is 7. The number of para-hydroxylation sites is 1. The molecule has 0 saturated heterocycles. The maximum Gasteiger partial charge on any atom is 0.160 e. The Labute approximate surface area is 344 Å². The summed E-state index contributed by atoms with van der Waals surface area (Å²) in [6.45, 7) is 0. The van der Waals surface area contributed by atoms with E-state index in [0.717, 1.165) is 50.0 Å². The molecule has 2 nitrogen and oxygen atoms in total. The van der Waals surface area contributed by atoms with Gasteiger partial charge in [-0.15, -0.1) is 0 Å². The summed E-state index contributed by atoms with van der Waals surface area (Å²) in [6.07, 6.45) is 0. The summed E-state index contributed by atoms with van der Waals surface area (Å²) in [7, 11) is 0. The van der Waals surface area contributed by atoms with E-state index in [0.29, 0.717) is 5.82 Å². The van der Waals surface area contributed by atoms with E-state index in [1.165, 1.54) is 44.5 Å². The Bertz CT molecular complexity index is 3110. The summed E-state index contributed by atoms with van der Waals surface area (Å²) < 4.78 is 0. The van der Waals surface area contributed by atoms with Gasteiger partial charge in [-0.25, -0.2) is 9.97 Å². The van der Waals surface area contributed by atoms with E-state index < -0.39 is 5.41 Å². The van der Waals surface area contributed by atoms with Crippen LogP contribution in [-0.4, -0.2) is 9.97 Å². The van der Waals surface area contributed by atoms with Crippen molar-refractivity contribution in [3.05, 3.63) is 253 Å². The van der Waals surface area contributed by atoms with Crippen LogP contribution in [0.1, 0.15) is 22.3 Å². The molecule has 0 N–H and O–H groups in total. The Morgan fingerprint density at radius 3 is 1.42 bits per heavy atom. The van der Waals surface area contributed by atoms with Crippen molar-refractivity contribution in [1.82, 2.24) is 9.97 Å². The summed E-state index contributed by atoms with van der Waals surface area (Å²) in [4.78, 5) is 10.3. The lowest BCUT2D eigenvalue weighted by atomic mass is 9.67. The van der Waals surface area contributed by atoms with Gasteiger partial charge >= 0.3 is 0 Å². The number of hydrogen-bond acceptors (Lipinski definition) is 2. The minimum atomic E-state index is -0.475. The van der Waals surface area contributed by atoms with Crippen molar-refractivity contribution >= 4 is 10.9 Å². The maximum absolute atomic E-state index is 5.21. The molecule has 0 spiro atoms. The van der Waals surface area contributed by atoms with Crippen molar-refractivity contribution in [2.24, 2.45) is 0 Å². The monoisotopic (exact) mass is 750 g/mol. The number of fused-ring (bicyclic) bond motifs is 4. The van der Waals surface area contributed by atoms with Gasteiger partial charge in [-0.1, -0.05) is 194 Å². The van der Waals surface area contributed by atoms with Gasteiger partial charge in [-0.2, -0.15) is 0 Å². The highest BCUT2D eigenvalue weighted by Gasteiger charge is 2.45. The van der Waals surface area contributed by atoms with Crippen LogP contribution in [-0.2, 0) is 5.41 Å². The van der Waals surface area contributed by atoms with E-state index in [1.54, 1.807) is 0 Å². The molecule has 11 rings (SSSR count). The van der Waals surface area contributed by atoms with Gasteiger partial charge < -0.3 is 0 Å². The molecular formula is C57H38N2. The molecule has 0 fully saturated rings. The zero-order valence-corrected chi connectivity index (χ0v) is 32.3. The smallest absolute Gasteiger partial charge is 0.160 e. The van der Waals surface area contributed by atoms with Crippen molar-refractivity contribution in [2.45, 2.75) is 5.41 Å². The average Bonchev–Trinajstić information content (AvgIpc) is 3.63. The molecular weight excluding hydrogens is 713 g/mol. The fraction of sp³-hybridized carbons (Fsp3) is 0.0175. The van der Waals surface area contributed by atoms with Gasteiger partial charge in [-0.3, -0.25) is 0 Å². The minimum Gasteiger partial charge on any atom is -0.228 e. The van der Waals surface area contributed by atoms with Crippen LogP contribution < -0.4 is 0 Å². The van der Waals surface area contributed by atoms with Gasteiger partial charge in [0.25, 0.3) is 0 Å². The second-order valence-corrected chi connectivity index (χ2v) is 15.3. The predicted octanol–water partition coefficient (Wildman–Crippen LogP) is 14.3. The van der Waals surface area contributed by atoms with Crippen molar-refractivity contribution < 1.29 is 0 Å². The van der Waals surface area contributed by atoms with E-state index in [1.807, 2.05) is 12.1 Å². The summed E-state index contributed by atoms with van der Waals surface area (Å²) in [5.74, 6) is 0.708. The number of nitrogens with zero attached hydrogens (tertiary/aromatic N) is 2. The molecule has 0 amide bonds. The van der Waals surface area contributed by atoms with E-state index in [2.05, 4.69) is 218 Å². The Hall–Kier alpha value is -7.68. The molecule has 2 heteroatoms. The molecule has 0 unspecified atom stereocenters. The summed E-state index contributed by atoms with van der Waals surface area (Å²) in [5.41, 5.74) is 18.0. The van der Waals surface area contributed by atoms with Crippen molar-refractivity contribution in [3.8, 4) is 67.2 Å². The van der Waals surface area contributed by atoms with Crippen molar-refractivity contribution in [2.75, 3.05) is 0 Å². The minimum absolute atomic E-state index is 0.475. The molecule has 0 bridgehead atoms. The van der Waals surface area contributed by atoms with E-state index in [-0.39, 0.29) is 0 Å². The highest BCUT2D eigenvalue weighted by molar-refractivity contribution is 5.94. The predicted molar refractivity (Wildman–Crippen MR) is 244 cm³/mol. The Kier molecular flexibility index (Phi) is 8.41. The average molecular weight is 751 g/mol. The zero-order valence-electron chi connectivity index (χ0n) is 32.3. The maximum atomic E-state index is 5.21. The highest BCUT2D eigenvalue weighted by atomic mass is 14.9. The van der Waals surface area contributed by atoms with Crippen LogP contribution in [0, 0.1) is 0 Å².